The fourth-order valence-corrected chi connectivity index (χ4v) is 6.96. The topological polar surface area (TPSA) is 19.7 Å². The molecule has 0 aliphatic carbocycles. The van der Waals surface area contributed by atoms with Crippen LogP contribution in [0.4, 0.5) is 0 Å². The Balaban J connectivity index is 2.39. The lowest BCUT2D eigenvalue weighted by molar-refractivity contribution is -0.727. The third kappa shape index (κ3) is 21.8. The normalized spacial score (nSPS) is 13.1. The molecule has 0 aromatic carbocycles. The molecule has 0 bridgehead atoms. The lowest BCUT2D eigenvalue weighted by Crippen LogP contribution is -2.41. The van der Waals surface area contributed by atoms with Gasteiger partial charge in [-0.25, -0.2) is 9.55 Å². The molecule has 0 radical (unpaired) electrons. The third-order valence-corrected chi connectivity index (χ3v) is 9.89. The van der Waals surface area contributed by atoms with Crippen LogP contribution < -0.4 is 4.57 Å². The zero-order valence-electron chi connectivity index (χ0n) is 29.7. The maximum absolute atomic E-state index is 3.74. The van der Waals surface area contributed by atoms with E-state index in [1.54, 1.807) is 0 Å². The molecular weight excluding hydrogens is 508 g/mol. The molecule has 0 fully saturated rings. The first-order chi connectivity index (χ1) is 20.7. The van der Waals surface area contributed by atoms with Crippen molar-refractivity contribution in [1.29, 1.82) is 0 Å². The maximum Gasteiger partial charge on any atom is 0.257 e. The summed E-state index contributed by atoms with van der Waals surface area (Å²) < 4.78 is 2.63. The summed E-state index contributed by atoms with van der Waals surface area (Å²) in [4.78, 5) is 3.74. The van der Waals surface area contributed by atoms with Crippen LogP contribution >= 0.6 is 0 Å². The molecule has 0 aliphatic heterocycles. The number of rotatable bonds is 33. The number of hydrogen-bond acceptors (Lipinski definition) is 0. The number of nitrogens with one attached hydrogen (secondary N) is 1. The lowest BCUT2D eigenvalue weighted by atomic mass is 9.92. The highest BCUT2D eigenvalue weighted by Gasteiger charge is 2.25. The van der Waals surface area contributed by atoms with Crippen LogP contribution in [-0.2, 0) is 0 Å². The van der Waals surface area contributed by atoms with Gasteiger partial charge in [-0.1, -0.05) is 194 Å². The van der Waals surface area contributed by atoms with Crippen LogP contribution in [0.5, 0.6) is 0 Å². The van der Waals surface area contributed by atoms with Crippen LogP contribution in [0.1, 0.15) is 245 Å². The summed E-state index contributed by atoms with van der Waals surface area (Å²) in [5, 5.41) is 0. The molecule has 1 N–H and O–H groups in total. The van der Waals surface area contributed by atoms with E-state index in [0.29, 0.717) is 12.0 Å². The molecule has 1 aromatic heterocycles. The average molecular weight is 588 g/mol. The third-order valence-electron chi connectivity index (χ3n) is 9.89. The molecule has 2 atom stereocenters. The van der Waals surface area contributed by atoms with E-state index in [1.165, 1.54) is 205 Å². The van der Waals surface area contributed by atoms with Gasteiger partial charge in [0.2, 0.25) is 0 Å². The fraction of sp³-hybridized carbons (Fsp3) is 0.925. The fourth-order valence-electron chi connectivity index (χ4n) is 6.96. The Hall–Kier alpha value is -0.790. The molecule has 2 heteroatoms. The van der Waals surface area contributed by atoms with E-state index < -0.39 is 0 Å². The Bertz CT molecular complexity index is 650. The van der Waals surface area contributed by atoms with Gasteiger partial charge in [0.1, 0.15) is 12.4 Å². The maximum atomic E-state index is 3.74. The summed E-state index contributed by atoms with van der Waals surface area (Å²) in [6.45, 7) is 9.40. The largest absolute Gasteiger partial charge is 0.257 e. The van der Waals surface area contributed by atoms with Crippen LogP contribution in [0, 0.1) is 0 Å². The van der Waals surface area contributed by atoms with Gasteiger partial charge in [0.25, 0.3) is 5.82 Å². The molecule has 1 aromatic rings. The molecular formula is C40H79N2+. The first kappa shape index (κ1) is 39.2. The van der Waals surface area contributed by atoms with Crippen molar-refractivity contribution < 1.29 is 4.57 Å². The van der Waals surface area contributed by atoms with Gasteiger partial charge in [-0.15, -0.1) is 0 Å². The van der Waals surface area contributed by atoms with Crippen molar-refractivity contribution in [1.82, 2.24) is 4.98 Å². The van der Waals surface area contributed by atoms with Crippen molar-refractivity contribution in [3.05, 3.63) is 18.2 Å². The number of hydrogen-bond donors (Lipinski definition) is 1. The summed E-state index contributed by atoms with van der Waals surface area (Å²) in [5.74, 6) is 2.25. The van der Waals surface area contributed by atoms with Gasteiger partial charge in [-0.05, 0) is 32.6 Å². The van der Waals surface area contributed by atoms with E-state index in [9.17, 15) is 0 Å². The summed E-state index contributed by atoms with van der Waals surface area (Å²) in [5.41, 5.74) is 0. The molecule has 0 amide bonds. The number of imidazole rings is 1. The van der Waals surface area contributed by atoms with E-state index in [1.807, 2.05) is 0 Å². The van der Waals surface area contributed by atoms with E-state index >= 15 is 0 Å². The van der Waals surface area contributed by atoms with Crippen molar-refractivity contribution in [2.24, 2.45) is 0 Å². The molecule has 1 heterocycles. The first-order valence-corrected chi connectivity index (χ1v) is 19.8. The number of aromatic amines is 1. The van der Waals surface area contributed by atoms with Crippen molar-refractivity contribution in [3.8, 4) is 0 Å². The molecule has 0 aliphatic rings. The van der Waals surface area contributed by atoms with Gasteiger partial charge >= 0.3 is 0 Å². The quantitative estimate of drug-likeness (QED) is 0.0623. The molecule has 1 rings (SSSR count). The van der Waals surface area contributed by atoms with Crippen molar-refractivity contribution in [2.75, 3.05) is 0 Å². The van der Waals surface area contributed by atoms with Gasteiger partial charge in [0, 0.05) is 0 Å². The zero-order valence-corrected chi connectivity index (χ0v) is 29.7. The first-order valence-electron chi connectivity index (χ1n) is 19.8. The minimum atomic E-state index is 0.620. The van der Waals surface area contributed by atoms with E-state index in [0.717, 1.165) is 0 Å². The Morgan fingerprint density at radius 2 is 0.762 bits per heavy atom. The zero-order chi connectivity index (χ0) is 30.4. The molecule has 2 unspecified atom stereocenters. The molecule has 248 valence electrons. The Labute approximate surface area is 266 Å². The predicted octanol–water partition coefficient (Wildman–Crippen LogP) is 14.1. The summed E-state index contributed by atoms with van der Waals surface area (Å²) >= 11 is 0. The van der Waals surface area contributed by atoms with Crippen molar-refractivity contribution >= 4 is 0 Å². The Morgan fingerprint density at radius 3 is 1.12 bits per heavy atom. The van der Waals surface area contributed by atoms with Crippen LogP contribution in [-0.4, -0.2) is 4.98 Å². The summed E-state index contributed by atoms with van der Waals surface area (Å²) in [6, 6.07) is 0.620. The SMILES string of the molecule is CCCCCCCCCCCCCCCC(CCCCCCCCCCCC)c1[nH]cc[n+]1C(C)CCCCCCC. The van der Waals surface area contributed by atoms with Gasteiger partial charge in [0.05, 0.1) is 12.0 Å². The number of unbranched alkanes of at least 4 members (excludes halogenated alkanes) is 25. The van der Waals surface area contributed by atoms with Crippen LogP contribution in [0.3, 0.4) is 0 Å². The average Bonchev–Trinajstić information content (AvgIpc) is 3.49. The van der Waals surface area contributed by atoms with E-state index in [4.69, 9.17) is 0 Å². The van der Waals surface area contributed by atoms with E-state index in [2.05, 4.69) is 49.6 Å². The lowest BCUT2D eigenvalue weighted by Gasteiger charge is -2.17. The molecule has 0 saturated heterocycles. The highest BCUT2D eigenvalue weighted by atomic mass is 15.1. The summed E-state index contributed by atoms with van der Waals surface area (Å²) in [7, 11) is 0. The van der Waals surface area contributed by atoms with Gasteiger partial charge < -0.3 is 0 Å². The Kier molecular flexibility index (Phi) is 28.3. The van der Waals surface area contributed by atoms with Gasteiger partial charge in [-0.2, -0.15) is 0 Å². The highest BCUT2D eigenvalue weighted by molar-refractivity contribution is 4.90. The van der Waals surface area contributed by atoms with Crippen LogP contribution in [0.25, 0.3) is 0 Å². The second-order valence-corrected chi connectivity index (χ2v) is 14.0. The monoisotopic (exact) mass is 588 g/mol. The molecule has 2 nitrogen and oxygen atoms in total. The minimum absolute atomic E-state index is 0.620. The second-order valence-electron chi connectivity index (χ2n) is 14.0. The van der Waals surface area contributed by atoms with Crippen LogP contribution in [0.15, 0.2) is 12.4 Å². The van der Waals surface area contributed by atoms with Crippen LogP contribution in [0.2, 0.25) is 0 Å². The standard InChI is InChI=1S/C40H78N2/c1-5-8-11-14-16-18-20-21-22-24-26-29-32-35-39(34-31-28-25-23-19-17-15-12-9-6-2)40-41-36-37-42(40)38(4)33-30-27-13-10-7-3/h36-39H,5-35H2,1-4H3/p+1. The second kappa shape index (κ2) is 30.2. The molecule has 42 heavy (non-hydrogen) atoms. The minimum Gasteiger partial charge on any atom is -0.247 e. The number of nitrogens with zero attached hydrogens (tertiary/aromatic N) is 1. The Morgan fingerprint density at radius 1 is 0.452 bits per heavy atom. The summed E-state index contributed by atoms with van der Waals surface area (Å²) in [6.07, 6.45) is 48.7. The molecule has 0 saturated carbocycles. The highest BCUT2D eigenvalue weighted by Crippen LogP contribution is 2.27. The molecule has 0 spiro atoms. The predicted molar refractivity (Wildman–Crippen MR) is 189 cm³/mol. The smallest absolute Gasteiger partial charge is 0.247 e. The van der Waals surface area contributed by atoms with E-state index in [-0.39, 0.29) is 0 Å². The van der Waals surface area contributed by atoms with Gasteiger partial charge in [0.15, 0.2) is 0 Å². The van der Waals surface area contributed by atoms with Gasteiger partial charge in [-0.3, -0.25) is 0 Å². The van der Waals surface area contributed by atoms with Crippen molar-refractivity contribution in [3.63, 3.8) is 0 Å². The number of H-pyrrole nitrogens is 1. The van der Waals surface area contributed by atoms with Crippen molar-refractivity contribution in [2.45, 2.75) is 239 Å². The number of aromatic nitrogens is 2.